The Hall–Kier alpha value is -1.51. The average molecular weight is 248 g/mol. The second-order valence-electron chi connectivity index (χ2n) is 5.66. The summed E-state index contributed by atoms with van der Waals surface area (Å²) in [5.74, 6) is -0.0120. The molecule has 1 rings (SSSR count). The Labute approximate surface area is 110 Å². The molecule has 3 heteroatoms. The molecule has 0 bridgehead atoms. The Morgan fingerprint density at radius 2 is 1.94 bits per heavy atom. The summed E-state index contributed by atoms with van der Waals surface area (Å²) in [6.45, 7) is 11.0. The molecule has 0 heterocycles. The third-order valence-electron chi connectivity index (χ3n) is 2.54. The van der Waals surface area contributed by atoms with Gasteiger partial charge in [-0.05, 0) is 57.9 Å². The molecule has 0 atom stereocenters. The highest BCUT2D eigenvalue weighted by atomic mass is 16.1. The van der Waals surface area contributed by atoms with E-state index < -0.39 is 0 Å². The smallest absolute Gasteiger partial charge is 0.251 e. The van der Waals surface area contributed by atoms with Crippen molar-refractivity contribution >= 4 is 11.6 Å². The summed E-state index contributed by atoms with van der Waals surface area (Å²) in [5.41, 5.74) is 2.61. The van der Waals surface area contributed by atoms with Gasteiger partial charge in [0.1, 0.15) is 0 Å². The largest absolute Gasteiger partial charge is 0.385 e. The summed E-state index contributed by atoms with van der Waals surface area (Å²) in [6, 6.07) is 5.86. The first-order valence-corrected chi connectivity index (χ1v) is 6.50. The first-order chi connectivity index (χ1) is 8.33. The Balaban J connectivity index is 2.82. The van der Waals surface area contributed by atoms with E-state index in [1.165, 1.54) is 0 Å². The molecular formula is C15H24N2O. The van der Waals surface area contributed by atoms with Crippen molar-refractivity contribution in [2.24, 2.45) is 0 Å². The minimum Gasteiger partial charge on any atom is -0.385 e. The fourth-order valence-electron chi connectivity index (χ4n) is 1.71. The second kappa shape index (κ2) is 5.89. The fraction of sp³-hybridized carbons (Fsp3) is 0.533. The lowest BCUT2D eigenvalue weighted by Crippen LogP contribution is -2.40. The Bertz CT molecular complexity index is 419. The molecule has 0 fully saturated rings. The van der Waals surface area contributed by atoms with Crippen LogP contribution in [0.5, 0.6) is 0 Å². The highest BCUT2D eigenvalue weighted by molar-refractivity contribution is 5.96. The Kier molecular flexibility index (Phi) is 4.76. The molecule has 0 aliphatic heterocycles. The quantitative estimate of drug-likeness (QED) is 0.858. The topological polar surface area (TPSA) is 41.1 Å². The molecule has 3 nitrogen and oxygen atoms in total. The van der Waals surface area contributed by atoms with Gasteiger partial charge in [0.15, 0.2) is 0 Å². The van der Waals surface area contributed by atoms with E-state index in [1.54, 1.807) is 0 Å². The van der Waals surface area contributed by atoms with E-state index in [0.717, 1.165) is 29.8 Å². The van der Waals surface area contributed by atoms with Crippen LogP contribution in [0.4, 0.5) is 5.69 Å². The SMILES string of the molecule is CCCNc1ccc(C(=O)NC(C)(C)C)c(C)c1. The van der Waals surface area contributed by atoms with Crippen molar-refractivity contribution in [1.29, 1.82) is 0 Å². The van der Waals surface area contributed by atoms with Crippen molar-refractivity contribution in [2.75, 3.05) is 11.9 Å². The number of rotatable bonds is 4. The van der Waals surface area contributed by atoms with Gasteiger partial charge in [0.25, 0.3) is 5.91 Å². The van der Waals surface area contributed by atoms with Crippen molar-refractivity contribution in [2.45, 2.75) is 46.6 Å². The molecule has 0 unspecified atom stereocenters. The second-order valence-corrected chi connectivity index (χ2v) is 5.66. The Morgan fingerprint density at radius 3 is 2.44 bits per heavy atom. The van der Waals surface area contributed by atoms with Gasteiger partial charge < -0.3 is 10.6 Å². The van der Waals surface area contributed by atoms with Gasteiger partial charge in [-0.3, -0.25) is 4.79 Å². The van der Waals surface area contributed by atoms with Crippen molar-refractivity contribution in [3.8, 4) is 0 Å². The summed E-state index contributed by atoms with van der Waals surface area (Å²) in [5, 5.41) is 6.30. The standard InChI is InChI=1S/C15H24N2O/c1-6-9-16-12-7-8-13(11(2)10-12)14(18)17-15(3,4)5/h7-8,10,16H,6,9H2,1-5H3,(H,17,18). The number of anilines is 1. The van der Waals surface area contributed by atoms with Gasteiger partial charge in [-0.2, -0.15) is 0 Å². The maximum atomic E-state index is 12.1. The third kappa shape index (κ3) is 4.40. The zero-order chi connectivity index (χ0) is 13.8. The Morgan fingerprint density at radius 1 is 1.28 bits per heavy atom. The number of benzene rings is 1. The summed E-state index contributed by atoms with van der Waals surface area (Å²) >= 11 is 0. The molecule has 1 aromatic carbocycles. The molecule has 1 amide bonds. The van der Waals surface area contributed by atoms with Gasteiger partial charge in [0.05, 0.1) is 0 Å². The molecule has 100 valence electrons. The molecule has 0 aliphatic carbocycles. The molecule has 0 spiro atoms. The molecule has 0 saturated carbocycles. The predicted molar refractivity (Wildman–Crippen MR) is 77.2 cm³/mol. The van der Waals surface area contributed by atoms with Crippen LogP contribution in [0.3, 0.4) is 0 Å². The van der Waals surface area contributed by atoms with E-state index >= 15 is 0 Å². The van der Waals surface area contributed by atoms with Crippen LogP contribution >= 0.6 is 0 Å². The maximum absolute atomic E-state index is 12.1. The number of hydrogen-bond acceptors (Lipinski definition) is 2. The van der Waals surface area contributed by atoms with Crippen LogP contribution in [0.25, 0.3) is 0 Å². The monoisotopic (exact) mass is 248 g/mol. The van der Waals surface area contributed by atoms with Crippen LogP contribution in [-0.2, 0) is 0 Å². The minimum atomic E-state index is -0.206. The highest BCUT2D eigenvalue weighted by Gasteiger charge is 2.16. The van der Waals surface area contributed by atoms with Crippen LogP contribution in [0.2, 0.25) is 0 Å². The molecule has 0 aromatic heterocycles. The zero-order valence-electron chi connectivity index (χ0n) is 12.1. The van der Waals surface area contributed by atoms with Gasteiger partial charge in [-0.15, -0.1) is 0 Å². The first-order valence-electron chi connectivity index (χ1n) is 6.50. The van der Waals surface area contributed by atoms with E-state index in [2.05, 4.69) is 17.6 Å². The molecule has 1 aromatic rings. The number of nitrogens with one attached hydrogen (secondary N) is 2. The molecule has 0 aliphatic rings. The number of carbonyl (C=O) groups is 1. The highest BCUT2D eigenvalue weighted by Crippen LogP contribution is 2.16. The van der Waals surface area contributed by atoms with Crippen molar-refractivity contribution in [3.63, 3.8) is 0 Å². The molecule has 2 N–H and O–H groups in total. The lowest BCUT2D eigenvalue weighted by Gasteiger charge is -2.21. The van der Waals surface area contributed by atoms with Crippen LogP contribution in [-0.4, -0.2) is 18.0 Å². The van der Waals surface area contributed by atoms with E-state index in [-0.39, 0.29) is 11.4 Å². The van der Waals surface area contributed by atoms with Crippen LogP contribution < -0.4 is 10.6 Å². The summed E-state index contributed by atoms with van der Waals surface area (Å²) in [7, 11) is 0. The van der Waals surface area contributed by atoms with Gasteiger partial charge >= 0.3 is 0 Å². The summed E-state index contributed by atoms with van der Waals surface area (Å²) in [4.78, 5) is 12.1. The van der Waals surface area contributed by atoms with E-state index in [9.17, 15) is 4.79 Å². The molecule has 0 saturated heterocycles. The zero-order valence-corrected chi connectivity index (χ0v) is 12.1. The summed E-state index contributed by atoms with van der Waals surface area (Å²) < 4.78 is 0. The van der Waals surface area contributed by atoms with Crippen LogP contribution in [0.15, 0.2) is 18.2 Å². The van der Waals surface area contributed by atoms with Crippen LogP contribution in [0, 0.1) is 6.92 Å². The first kappa shape index (κ1) is 14.6. The van der Waals surface area contributed by atoms with Gasteiger partial charge in [0, 0.05) is 23.3 Å². The number of carbonyl (C=O) groups excluding carboxylic acids is 1. The molecule has 18 heavy (non-hydrogen) atoms. The van der Waals surface area contributed by atoms with Gasteiger partial charge in [-0.25, -0.2) is 0 Å². The molecular weight excluding hydrogens is 224 g/mol. The van der Waals surface area contributed by atoms with Crippen LogP contribution in [0.1, 0.15) is 50.0 Å². The maximum Gasteiger partial charge on any atom is 0.251 e. The lowest BCUT2D eigenvalue weighted by molar-refractivity contribution is 0.0919. The third-order valence-corrected chi connectivity index (χ3v) is 2.54. The minimum absolute atomic E-state index is 0.0120. The molecule has 0 radical (unpaired) electrons. The number of aryl methyl sites for hydroxylation is 1. The van der Waals surface area contributed by atoms with E-state index in [0.29, 0.717) is 0 Å². The van der Waals surface area contributed by atoms with Crippen molar-refractivity contribution in [1.82, 2.24) is 5.32 Å². The van der Waals surface area contributed by atoms with E-state index in [4.69, 9.17) is 0 Å². The number of amides is 1. The average Bonchev–Trinajstić information content (AvgIpc) is 2.23. The predicted octanol–water partition coefficient (Wildman–Crippen LogP) is 3.35. The van der Waals surface area contributed by atoms with Crippen molar-refractivity contribution < 1.29 is 4.79 Å². The van der Waals surface area contributed by atoms with E-state index in [1.807, 2.05) is 45.9 Å². The fourth-order valence-corrected chi connectivity index (χ4v) is 1.71. The van der Waals surface area contributed by atoms with Gasteiger partial charge in [-0.1, -0.05) is 6.92 Å². The van der Waals surface area contributed by atoms with Crippen molar-refractivity contribution in [3.05, 3.63) is 29.3 Å². The number of hydrogen-bond donors (Lipinski definition) is 2. The summed E-state index contributed by atoms with van der Waals surface area (Å²) in [6.07, 6.45) is 1.09. The lowest BCUT2D eigenvalue weighted by atomic mass is 10.0. The normalized spacial score (nSPS) is 11.2. The van der Waals surface area contributed by atoms with Gasteiger partial charge in [0.2, 0.25) is 0 Å².